The van der Waals surface area contributed by atoms with Crippen molar-refractivity contribution >= 4 is 352 Å². The molecule has 0 saturated heterocycles. The highest BCUT2D eigenvalue weighted by molar-refractivity contribution is 14.1. The van der Waals surface area contributed by atoms with Gasteiger partial charge in [0.25, 0.3) is 0 Å². The summed E-state index contributed by atoms with van der Waals surface area (Å²) in [7, 11) is 0. The van der Waals surface area contributed by atoms with Gasteiger partial charge < -0.3 is 25.5 Å². The number of hydrogen-bond acceptors (Lipinski definition) is 18. The number of aromatic hydroxyl groups is 5. The van der Waals surface area contributed by atoms with E-state index < -0.39 is 0 Å². The molecular weight excluding hydrogens is 2180 g/mol. The number of benzene rings is 5. The summed E-state index contributed by atoms with van der Waals surface area (Å²) < 4.78 is 6.22. The number of thiol groups is 10. The predicted octanol–water partition coefficient (Wildman–Crippen LogP) is 15.4. The summed E-state index contributed by atoms with van der Waals surface area (Å²) in [5.41, 5.74) is 4.20. The molecule has 0 aliphatic rings. The molecule has 0 amide bonds. The third-order valence-corrected chi connectivity index (χ3v) is 30.1. The minimum absolute atomic E-state index is 0.127. The summed E-state index contributed by atoms with van der Waals surface area (Å²) >= 11 is 70.1. The van der Waals surface area contributed by atoms with Crippen molar-refractivity contribution in [2.75, 3.05) is 26.2 Å². The van der Waals surface area contributed by atoms with Gasteiger partial charge in [0.05, 0.1) is 35.7 Å². The average Bonchev–Trinajstić information content (AvgIpc) is 3.31. The van der Waals surface area contributed by atoms with E-state index in [0.717, 1.165) is 27.8 Å². The van der Waals surface area contributed by atoms with Gasteiger partial charge >= 0.3 is 0 Å². The van der Waals surface area contributed by atoms with Gasteiger partial charge in [0.1, 0.15) is 28.7 Å². The summed E-state index contributed by atoms with van der Waals surface area (Å²) in [6.07, 6.45) is 0. The summed E-state index contributed by atoms with van der Waals surface area (Å²) in [6.45, 7) is 4.03. The Morgan fingerprint density at radius 1 is 0.239 bits per heavy atom. The van der Waals surface area contributed by atoms with Crippen LogP contribution in [0.4, 0.5) is 0 Å². The molecule has 28 heteroatoms. The average molecular weight is 2210 g/mol. The van der Waals surface area contributed by atoms with E-state index in [1.165, 1.54) is 0 Å². The Morgan fingerprint density at radius 2 is 0.358 bits per heavy atom. The van der Waals surface area contributed by atoms with E-state index in [0.29, 0.717) is 144 Å². The SMILES string of the molecule is Oc1c(I)c(S)c(CN(CCN(Cc2c(S)c(I)c(O)c(I)c2S)Cc2c(S)c(I)c(O)c(I)c2S)CCN(Cc2c(S)c(I)c(O)c(I)c2S)Cc2c(S)c(I)c(O)c(I)c2S)c(S)c1I. The lowest BCUT2D eigenvalue weighted by Gasteiger charge is -2.33. The molecular formula is C39H33I10N3O5S10. The molecule has 8 nitrogen and oxygen atoms in total. The zero-order valence-corrected chi connectivity index (χ0v) is 63.7. The van der Waals surface area contributed by atoms with Crippen molar-refractivity contribution in [3.8, 4) is 28.7 Å². The molecule has 0 radical (unpaired) electrons. The Balaban J connectivity index is 1.64. The molecule has 0 aromatic heterocycles. The van der Waals surface area contributed by atoms with Crippen LogP contribution < -0.4 is 0 Å². The van der Waals surface area contributed by atoms with Crippen molar-refractivity contribution in [2.45, 2.75) is 81.7 Å². The van der Waals surface area contributed by atoms with Crippen LogP contribution in [0.5, 0.6) is 28.7 Å². The van der Waals surface area contributed by atoms with E-state index in [1.807, 2.05) is 0 Å². The molecule has 364 valence electrons. The highest BCUT2D eigenvalue weighted by atomic mass is 127. The molecule has 5 aromatic carbocycles. The summed E-state index contributed by atoms with van der Waals surface area (Å²) in [5.74, 6) is 0.634. The van der Waals surface area contributed by atoms with Gasteiger partial charge in [0, 0.05) is 108 Å². The van der Waals surface area contributed by atoms with Gasteiger partial charge in [-0.05, 0) is 254 Å². The molecule has 0 spiro atoms. The molecule has 5 N–H and O–H groups in total. The summed E-state index contributed by atoms with van der Waals surface area (Å²) in [5, 5.41) is 54.6. The van der Waals surface area contributed by atoms with Gasteiger partial charge in [0.2, 0.25) is 0 Å². The van der Waals surface area contributed by atoms with Crippen LogP contribution in [0.25, 0.3) is 0 Å². The molecule has 0 bridgehead atoms. The quantitative estimate of drug-likeness (QED) is 0.0350. The second-order valence-corrected chi connectivity index (χ2v) is 29.7. The van der Waals surface area contributed by atoms with Gasteiger partial charge in [-0.3, -0.25) is 14.7 Å². The van der Waals surface area contributed by atoms with Crippen LogP contribution in [0.3, 0.4) is 0 Å². The Labute approximate surface area is 580 Å². The molecule has 0 unspecified atom stereocenters. The van der Waals surface area contributed by atoms with Crippen molar-refractivity contribution in [1.29, 1.82) is 0 Å². The molecule has 0 fully saturated rings. The van der Waals surface area contributed by atoms with Crippen LogP contribution in [0.2, 0.25) is 0 Å². The lowest BCUT2D eigenvalue weighted by atomic mass is 10.1. The highest BCUT2D eigenvalue weighted by Gasteiger charge is 2.28. The Hall–Kier alpha value is 5.78. The van der Waals surface area contributed by atoms with Gasteiger partial charge in [0.15, 0.2) is 0 Å². The van der Waals surface area contributed by atoms with E-state index in [1.54, 1.807) is 0 Å². The smallest absolute Gasteiger partial charge is 0.144 e. The summed E-state index contributed by atoms with van der Waals surface area (Å²) in [6, 6.07) is 0. The number of nitrogens with zero attached hydrogens (tertiary/aromatic N) is 3. The Morgan fingerprint density at radius 3 is 0.507 bits per heavy atom. The maximum absolute atomic E-state index is 11.0. The lowest BCUT2D eigenvalue weighted by molar-refractivity contribution is 0.154. The molecule has 0 aliphatic carbocycles. The van der Waals surface area contributed by atoms with Crippen molar-refractivity contribution in [2.24, 2.45) is 0 Å². The van der Waals surface area contributed by atoms with E-state index in [4.69, 9.17) is 126 Å². The minimum Gasteiger partial charge on any atom is -0.506 e. The number of rotatable bonds is 16. The van der Waals surface area contributed by atoms with Crippen LogP contribution in [-0.4, -0.2) is 66.4 Å². The molecule has 0 aliphatic heterocycles. The number of phenolic OH excluding ortho intramolecular Hbond substituents is 5. The standard InChI is InChI=1S/C39H33I10N3O5S10/c40-15-25(53)16(41)31(59)10(30(15)58)5-50(1-3-51(6-11-32(60)17(42)26(54)18(43)33(11)61)7-12-34(62)19(44)27(55)20(45)35(12)63)2-4-52(8-13-36(64)21(46)28(56)22(47)37(13)65)9-14-38(66)23(48)29(57)24(49)39(14)67/h53-67H,1-9H2. The molecule has 67 heavy (non-hydrogen) atoms. The van der Waals surface area contributed by atoms with E-state index in [2.05, 4.69) is 241 Å². The van der Waals surface area contributed by atoms with Crippen molar-refractivity contribution in [3.05, 3.63) is 63.5 Å². The first-order valence-electron chi connectivity index (χ1n) is 18.4. The lowest BCUT2D eigenvalue weighted by Crippen LogP contribution is -2.39. The second kappa shape index (κ2) is 27.8. The number of halogens is 10. The molecule has 5 aromatic rings. The monoisotopic (exact) mass is 2210 g/mol. The normalized spacial score (nSPS) is 11.9. The van der Waals surface area contributed by atoms with E-state index in [-0.39, 0.29) is 28.7 Å². The molecule has 0 atom stereocenters. The zero-order chi connectivity index (χ0) is 50.4. The van der Waals surface area contributed by atoms with Crippen LogP contribution in [-0.2, 0) is 32.7 Å². The Kier molecular flexibility index (Phi) is 26.4. The Bertz CT molecular complexity index is 2380. The van der Waals surface area contributed by atoms with Gasteiger partial charge in [-0.15, -0.1) is 126 Å². The van der Waals surface area contributed by atoms with Gasteiger partial charge in [-0.2, -0.15) is 0 Å². The first-order chi connectivity index (χ1) is 31.1. The largest absolute Gasteiger partial charge is 0.506 e. The van der Waals surface area contributed by atoms with E-state index in [9.17, 15) is 25.5 Å². The highest BCUT2D eigenvalue weighted by Crippen LogP contribution is 2.45. The fourth-order valence-corrected chi connectivity index (χ4v) is 18.5. The van der Waals surface area contributed by atoms with Gasteiger partial charge in [-0.25, -0.2) is 0 Å². The van der Waals surface area contributed by atoms with Crippen molar-refractivity contribution in [1.82, 2.24) is 14.7 Å². The summed E-state index contributed by atoms with van der Waals surface area (Å²) in [4.78, 5) is 13.1. The predicted molar refractivity (Wildman–Crippen MR) is 384 cm³/mol. The van der Waals surface area contributed by atoms with Crippen molar-refractivity contribution < 1.29 is 25.5 Å². The van der Waals surface area contributed by atoms with Crippen LogP contribution >= 0.6 is 352 Å². The maximum atomic E-state index is 11.0. The zero-order valence-electron chi connectivity index (χ0n) is 33.2. The fraction of sp³-hybridized carbons (Fsp3) is 0.231. The number of phenols is 5. The topological polar surface area (TPSA) is 111 Å². The van der Waals surface area contributed by atoms with Crippen molar-refractivity contribution in [3.63, 3.8) is 0 Å². The maximum Gasteiger partial charge on any atom is 0.144 e. The van der Waals surface area contributed by atoms with Crippen LogP contribution in [0.1, 0.15) is 27.8 Å². The minimum atomic E-state index is 0.127. The molecule has 5 rings (SSSR count). The molecule has 0 saturated carbocycles. The third kappa shape index (κ3) is 14.4. The molecule has 0 heterocycles. The third-order valence-electron chi connectivity index (χ3n) is 10.4. The first-order valence-corrected chi connectivity index (χ1v) is 33.6. The first kappa shape index (κ1) is 63.6. The fourth-order valence-electron chi connectivity index (χ4n) is 6.62. The van der Waals surface area contributed by atoms with Gasteiger partial charge in [-0.1, -0.05) is 0 Å². The number of hydrogen-bond donors (Lipinski definition) is 15. The van der Waals surface area contributed by atoms with Crippen LogP contribution in [0, 0.1) is 35.7 Å². The van der Waals surface area contributed by atoms with E-state index >= 15 is 0 Å². The van der Waals surface area contributed by atoms with Crippen LogP contribution in [0.15, 0.2) is 49.0 Å². The second-order valence-electron chi connectivity index (χ2n) is 14.5.